The maximum absolute atomic E-state index is 11.8. The van der Waals surface area contributed by atoms with Gasteiger partial charge in [0, 0.05) is 10.7 Å². The van der Waals surface area contributed by atoms with Gasteiger partial charge in [-0.3, -0.25) is 4.79 Å². The topological polar surface area (TPSA) is 61.7 Å². The van der Waals surface area contributed by atoms with E-state index in [0.717, 1.165) is 5.56 Å². The summed E-state index contributed by atoms with van der Waals surface area (Å²) in [5.41, 5.74) is 3.55. The number of aromatic hydroxyl groups is 1. The van der Waals surface area contributed by atoms with Crippen molar-refractivity contribution in [3.63, 3.8) is 0 Å². The molecule has 0 saturated carbocycles. The monoisotopic (exact) mass is 344 g/mol. The number of benzene rings is 2. The highest BCUT2D eigenvalue weighted by Gasteiger charge is 2.10. The molecule has 21 heavy (non-hydrogen) atoms. The molecule has 0 saturated heterocycles. The first-order valence-electron chi connectivity index (χ1n) is 6.20. The average Bonchev–Trinajstić information content (AvgIpc) is 2.50. The summed E-state index contributed by atoms with van der Waals surface area (Å²) in [5, 5.41) is 13.4. The fourth-order valence-corrected chi connectivity index (χ4v) is 1.97. The lowest BCUT2D eigenvalue weighted by Gasteiger charge is -2.02. The number of nitrogens with zero attached hydrogens (tertiary/aromatic N) is 1. The van der Waals surface area contributed by atoms with E-state index in [1.54, 1.807) is 12.1 Å². The van der Waals surface area contributed by atoms with E-state index < -0.39 is 5.91 Å². The Labute approximate surface area is 130 Å². The summed E-state index contributed by atoms with van der Waals surface area (Å²) < 4.78 is 0.707. The van der Waals surface area contributed by atoms with Gasteiger partial charge in [-0.15, -0.1) is 0 Å². The molecular formula is C16H13BrN2O2. The molecule has 106 valence electrons. The molecule has 5 heteroatoms. The summed E-state index contributed by atoms with van der Waals surface area (Å²) in [6, 6.07) is 14.4. The smallest absolute Gasteiger partial charge is 0.275 e. The summed E-state index contributed by atoms with van der Waals surface area (Å²) >= 11 is 3.24. The van der Waals surface area contributed by atoms with E-state index in [1.165, 1.54) is 18.3 Å². The number of nitrogens with one attached hydrogen (secondary N) is 1. The minimum atomic E-state index is -0.474. The Balaban J connectivity index is 1.93. The summed E-state index contributed by atoms with van der Waals surface area (Å²) in [6.07, 6.45) is 5.06. The van der Waals surface area contributed by atoms with Crippen LogP contribution in [-0.4, -0.2) is 17.2 Å². The highest BCUT2D eigenvalue weighted by molar-refractivity contribution is 9.10. The molecule has 0 aliphatic rings. The second kappa shape index (κ2) is 7.40. The highest BCUT2D eigenvalue weighted by Crippen LogP contribution is 2.21. The highest BCUT2D eigenvalue weighted by atomic mass is 79.9. The van der Waals surface area contributed by atoms with Crippen LogP contribution in [0.1, 0.15) is 15.9 Å². The van der Waals surface area contributed by atoms with Crippen molar-refractivity contribution in [3.05, 3.63) is 70.2 Å². The summed E-state index contributed by atoms with van der Waals surface area (Å²) in [7, 11) is 0. The van der Waals surface area contributed by atoms with Crippen LogP contribution in [0.5, 0.6) is 5.75 Å². The third-order valence-electron chi connectivity index (χ3n) is 2.62. The fourth-order valence-electron chi connectivity index (χ4n) is 1.61. The lowest BCUT2D eigenvalue weighted by molar-refractivity contribution is 0.0952. The van der Waals surface area contributed by atoms with Crippen LogP contribution in [0.3, 0.4) is 0 Å². The standard InChI is InChI=1S/C16H13BrN2O2/c17-13-8-9-15(20)14(11-13)16(21)19-18-10-4-7-12-5-2-1-3-6-12/h1-11,20H,(H,19,21)/b7-4+,18-10-. The van der Waals surface area contributed by atoms with Gasteiger partial charge in [0.05, 0.1) is 5.56 Å². The Kier molecular flexibility index (Phi) is 5.29. The molecule has 1 amide bonds. The molecule has 2 N–H and O–H groups in total. The van der Waals surface area contributed by atoms with Crippen molar-refractivity contribution in [1.82, 2.24) is 5.43 Å². The van der Waals surface area contributed by atoms with Crippen molar-refractivity contribution in [2.45, 2.75) is 0 Å². The maximum atomic E-state index is 11.8. The predicted molar refractivity (Wildman–Crippen MR) is 87.2 cm³/mol. The molecule has 2 rings (SSSR count). The molecule has 2 aromatic rings. The Morgan fingerprint density at radius 3 is 2.71 bits per heavy atom. The first-order chi connectivity index (χ1) is 10.2. The second-order valence-electron chi connectivity index (χ2n) is 4.15. The first-order valence-corrected chi connectivity index (χ1v) is 7.00. The minimum Gasteiger partial charge on any atom is -0.507 e. The van der Waals surface area contributed by atoms with Gasteiger partial charge < -0.3 is 5.11 Å². The van der Waals surface area contributed by atoms with Crippen LogP contribution in [0.15, 0.2) is 64.2 Å². The summed E-state index contributed by atoms with van der Waals surface area (Å²) in [4.78, 5) is 11.8. The van der Waals surface area contributed by atoms with Crippen LogP contribution in [0.25, 0.3) is 6.08 Å². The van der Waals surface area contributed by atoms with E-state index >= 15 is 0 Å². The van der Waals surface area contributed by atoms with Gasteiger partial charge in [0.15, 0.2) is 0 Å². The normalized spacial score (nSPS) is 11.1. The molecule has 0 aliphatic heterocycles. The number of carbonyl (C=O) groups excluding carboxylic acids is 1. The predicted octanol–water partition coefficient (Wildman–Crippen LogP) is 3.58. The van der Waals surface area contributed by atoms with Crippen molar-refractivity contribution in [3.8, 4) is 5.75 Å². The number of allylic oxidation sites excluding steroid dienone is 1. The molecule has 0 unspecified atom stereocenters. The number of hydrogen-bond donors (Lipinski definition) is 2. The quantitative estimate of drug-likeness (QED) is 0.657. The maximum Gasteiger partial charge on any atom is 0.275 e. The van der Waals surface area contributed by atoms with Gasteiger partial charge in [-0.05, 0) is 29.8 Å². The molecule has 0 bridgehead atoms. The van der Waals surface area contributed by atoms with Crippen LogP contribution < -0.4 is 5.43 Å². The number of hydrogen-bond acceptors (Lipinski definition) is 3. The number of phenols is 1. The zero-order valence-corrected chi connectivity index (χ0v) is 12.6. The van der Waals surface area contributed by atoms with E-state index in [9.17, 15) is 9.90 Å². The van der Waals surface area contributed by atoms with Gasteiger partial charge in [0.2, 0.25) is 0 Å². The molecule has 0 fully saturated rings. The average molecular weight is 345 g/mol. The van der Waals surface area contributed by atoms with E-state index in [1.807, 2.05) is 36.4 Å². The third-order valence-corrected chi connectivity index (χ3v) is 3.11. The number of carbonyl (C=O) groups is 1. The fraction of sp³-hybridized carbons (Fsp3) is 0. The van der Waals surface area contributed by atoms with E-state index in [2.05, 4.69) is 26.5 Å². The number of hydrazone groups is 1. The van der Waals surface area contributed by atoms with E-state index in [4.69, 9.17) is 0 Å². The minimum absolute atomic E-state index is 0.0919. The summed E-state index contributed by atoms with van der Waals surface area (Å²) in [5.74, 6) is -0.566. The Morgan fingerprint density at radius 1 is 1.19 bits per heavy atom. The SMILES string of the molecule is O=C(N/N=C\C=C\c1ccccc1)c1cc(Br)ccc1O. The lowest BCUT2D eigenvalue weighted by atomic mass is 10.2. The summed E-state index contributed by atoms with van der Waals surface area (Å²) in [6.45, 7) is 0. The van der Waals surface area contributed by atoms with Gasteiger partial charge in [-0.25, -0.2) is 5.43 Å². The van der Waals surface area contributed by atoms with Gasteiger partial charge in [-0.2, -0.15) is 5.10 Å². The van der Waals surface area contributed by atoms with Gasteiger partial charge in [0.25, 0.3) is 5.91 Å². The lowest BCUT2D eigenvalue weighted by Crippen LogP contribution is -2.17. The Hall–Kier alpha value is -2.40. The molecule has 0 spiro atoms. The van der Waals surface area contributed by atoms with Gasteiger partial charge >= 0.3 is 0 Å². The third kappa shape index (κ3) is 4.57. The largest absolute Gasteiger partial charge is 0.507 e. The molecule has 4 nitrogen and oxygen atoms in total. The van der Waals surface area contributed by atoms with Crippen LogP contribution in [0.4, 0.5) is 0 Å². The Morgan fingerprint density at radius 2 is 1.95 bits per heavy atom. The molecule has 0 radical (unpaired) electrons. The van der Waals surface area contributed by atoms with E-state index in [-0.39, 0.29) is 11.3 Å². The zero-order chi connectivity index (χ0) is 15.1. The molecule has 0 atom stereocenters. The Bertz CT molecular complexity index is 682. The second-order valence-corrected chi connectivity index (χ2v) is 5.07. The molecular weight excluding hydrogens is 332 g/mol. The molecule has 2 aromatic carbocycles. The van der Waals surface area contributed by atoms with Crippen LogP contribution in [0.2, 0.25) is 0 Å². The van der Waals surface area contributed by atoms with E-state index in [0.29, 0.717) is 4.47 Å². The van der Waals surface area contributed by atoms with Crippen LogP contribution in [0, 0.1) is 0 Å². The van der Waals surface area contributed by atoms with Crippen molar-refractivity contribution in [1.29, 1.82) is 0 Å². The molecule has 0 aliphatic carbocycles. The molecule has 0 aromatic heterocycles. The van der Waals surface area contributed by atoms with Gasteiger partial charge in [-0.1, -0.05) is 52.3 Å². The zero-order valence-electron chi connectivity index (χ0n) is 11.0. The first kappa shape index (κ1) is 15.0. The van der Waals surface area contributed by atoms with Crippen molar-refractivity contribution >= 4 is 34.1 Å². The number of halogens is 1. The van der Waals surface area contributed by atoms with Crippen LogP contribution in [-0.2, 0) is 0 Å². The number of amides is 1. The van der Waals surface area contributed by atoms with Crippen molar-refractivity contribution in [2.24, 2.45) is 5.10 Å². The number of rotatable bonds is 4. The van der Waals surface area contributed by atoms with Crippen LogP contribution >= 0.6 is 15.9 Å². The van der Waals surface area contributed by atoms with Crippen molar-refractivity contribution in [2.75, 3.05) is 0 Å². The number of phenolic OH excluding ortho intramolecular Hbond substituents is 1. The van der Waals surface area contributed by atoms with Crippen molar-refractivity contribution < 1.29 is 9.90 Å². The van der Waals surface area contributed by atoms with Gasteiger partial charge in [0.1, 0.15) is 5.75 Å². The molecule has 0 heterocycles.